The van der Waals surface area contributed by atoms with Crippen LogP contribution in [-0.2, 0) is 6.42 Å². The molecule has 1 aliphatic rings. The number of hydrogen-bond acceptors (Lipinski definition) is 5. The molecule has 0 saturated heterocycles. The highest BCUT2D eigenvalue weighted by molar-refractivity contribution is 7.08. The number of benzene rings is 1. The van der Waals surface area contributed by atoms with Crippen LogP contribution in [0.4, 0.5) is 5.69 Å². The molecule has 0 aliphatic carbocycles. The highest BCUT2D eigenvalue weighted by atomic mass is 32.1. The molecule has 27 heavy (non-hydrogen) atoms. The lowest BCUT2D eigenvalue weighted by Crippen LogP contribution is -2.36. The van der Waals surface area contributed by atoms with Crippen LogP contribution in [0.5, 0.6) is 0 Å². The number of rotatable bonds is 5. The molecule has 0 bridgehead atoms. The van der Waals surface area contributed by atoms with Gasteiger partial charge in [0.15, 0.2) is 0 Å². The molecule has 0 fully saturated rings. The second-order valence-corrected chi connectivity index (χ2v) is 7.56. The molecular formula is C21H21N3O2S. The number of aromatic carboxylic acids is 1. The van der Waals surface area contributed by atoms with Gasteiger partial charge in [0.25, 0.3) is 0 Å². The molecule has 5 nitrogen and oxygen atoms in total. The summed E-state index contributed by atoms with van der Waals surface area (Å²) in [6.07, 6.45) is 4.10. The summed E-state index contributed by atoms with van der Waals surface area (Å²) in [5, 5.41) is 16.9. The molecule has 0 radical (unpaired) electrons. The van der Waals surface area contributed by atoms with Crippen molar-refractivity contribution in [3.05, 3.63) is 70.2 Å². The lowest BCUT2D eigenvalue weighted by molar-refractivity contribution is 0.0697. The van der Waals surface area contributed by atoms with Crippen molar-refractivity contribution in [2.45, 2.75) is 12.5 Å². The summed E-state index contributed by atoms with van der Waals surface area (Å²) in [7, 11) is 2.11. The van der Waals surface area contributed by atoms with Crippen LogP contribution in [0.15, 0.2) is 53.5 Å². The summed E-state index contributed by atoms with van der Waals surface area (Å²) in [6.45, 7) is 1.61. The second kappa shape index (κ2) is 7.50. The monoisotopic (exact) mass is 379 g/mol. The normalized spacial score (nSPS) is 16.7. The van der Waals surface area contributed by atoms with Gasteiger partial charge in [0.2, 0.25) is 0 Å². The average molecular weight is 379 g/mol. The van der Waals surface area contributed by atoms with Gasteiger partial charge in [0.1, 0.15) is 0 Å². The van der Waals surface area contributed by atoms with Crippen LogP contribution in [0.2, 0.25) is 0 Å². The highest BCUT2D eigenvalue weighted by Crippen LogP contribution is 2.33. The molecule has 0 amide bonds. The zero-order valence-electron chi connectivity index (χ0n) is 15.1. The van der Waals surface area contributed by atoms with Crippen molar-refractivity contribution in [3.8, 4) is 11.1 Å². The topological polar surface area (TPSA) is 65.5 Å². The number of anilines is 1. The Morgan fingerprint density at radius 2 is 2.22 bits per heavy atom. The summed E-state index contributed by atoms with van der Waals surface area (Å²) in [6, 6.07) is 10.6. The molecule has 2 aromatic heterocycles. The Morgan fingerprint density at radius 1 is 1.33 bits per heavy atom. The molecule has 0 saturated carbocycles. The first-order valence-corrected chi connectivity index (χ1v) is 9.84. The van der Waals surface area contributed by atoms with Gasteiger partial charge in [-0.3, -0.25) is 9.88 Å². The molecule has 3 aromatic rings. The number of fused-ring (bicyclic) bond motifs is 1. The van der Waals surface area contributed by atoms with Crippen LogP contribution < -0.4 is 5.32 Å². The standard InChI is InChI=1S/C21H21N3O2S/c1-24-8-5-15-10-14(16-6-9-27-13-16)2-3-17(15)20(24)12-23-19-11-22-7-4-18(19)21(25)26/h2-4,6-7,9-11,13,20,23H,5,8,12H2,1H3,(H,25,26). The van der Waals surface area contributed by atoms with Crippen molar-refractivity contribution in [1.29, 1.82) is 0 Å². The van der Waals surface area contributed by atoms with Gasteiger partial charge in [-0.1, -0.05) is 18.2 Å². The molecule has 1 aliphatic heterocycles. The number of aromatic nitrogens is 1. The van der Waals surface area contributed by atoms with E-state index in [4.69, 9.17) is 0 Å². The van der Waals surface area contributed by atoms with Gasteiger partial charge in [0, 0.05) is 19.3 Å². The summed E-state index contributed by atoms with van der Waals surface area (Å²) < 4.78 is 0. The van der Waals surface area contributed by atoms with Crippen molar-refractivity contribution in [2.24, 2.45) is 0 Å². The molecule has 1 atom stereocenters. The minimum atomic E-state index is -0.947. The van der Waals surface area contributed by atoms with Gasteiger partial charge in [-0.25, -0.2) is 4.79 Å². The van der Waals surface area contributed by atoms with Gasteiger partial charge >= 0.3 is 5.97 Å². The van der Waals surface area contributed by atoms with Crippen molar-refractivity contribution < 1.29 is 9.90 Å². The van der Waals surface area contributed by atoms with Crippen molar-refractivity contribution in [2.75, 3.05) is 25.5 Å². The largest absolute Gasteiger partial charge is 0.478 e. The van der Waals surface area contributed by atoms with Gasteiger partial charge in [-0.05, 0) is 58.6 Å². The van der Waals surface area contributed by atoms with E-state index in [0.717, 1.165) is 13.0 Å². The Hall–Kier alpha value is -2.70. The van der Waals surface area contributed by atoms with Gasteiger partial charge in [0.05, 0.1) is 23.5 Å². The minimum absolute atomic E-state index is 0.187. The summed E-state index contributed by atoms with van der Waals surface area (Å²) in [4.78, 5) is 17.8. The molecule has 1 aromatic carbocycles. The maximum absolute atomic E-state index is 11.4. The van der Waals surface area contributed by atoms with E-state index in [2.05, 4.69) is 57.3 Å². The van der Waals surface area contributed by atoms with E-state index in [1.54, 1.807) is 17.5 Å². The molecule has 138 valence electrons. The van der Waals surface area contributed by atoms with E-state index in [1.807, 2.05) is 0 Å². The second-order valence-electron chi connectivity index (χ2n) is 6.78. The Bertz CT molecular complexity index is 956. The lowest BCUT2D eigenvalue weighted by Gasteiger charge is -2.35. The Balaban J connectivity index is 1.58. The van der Waals surface area contributed by atoms with Crippen LogP contribution in [0.3, 0.4) is 0 Å². The number of thiophene rings is 1. The first-order valence-electron chi connectivity index (χ1n) is 8.90. The third kappa shape index (κ3) is 3.59. The van der Waals surface area contributed by atoms with E-state index in [-0.39, 0.29) is 11.6 Å². The number of pyridine rings is 1. The highest BCUT2D eigenvalue weighted by Gasteiger charge is 2.25. The zero-order valence-corrected chi connectivity index (χ0v) is 15.9. The van der Waals surface area contributed by atoms with E-state index in [9.17, 15) is 9.90 Å². The average Bonchev–Trinajstić information content (AvgIpc) is 3.22. The third-order valence-electron chi connectivity index (χ3n) is 5.16. The maximum Gasteiger partial charge on any atom is 0.337 e. The molecule has 6 heteroatoms. The van der Waals surface area contributed by atoms with E-state index in [0.29, 0.717) is 12.2 Å². The molecule has 1 unspecified atom stereocenters. The van der Waals surface area contributed by atoms with E-state index < -0.39 is 5.97 Å². The van der Waals surface area contributed by atoms with Crippen molar-refractivity contribution in [3.63, 3.8) is 0 Å². The van der Waals surface area contributed by atoms with E-state index >= 15 is 0 Å². The van der Waals surface area contributed by atoms with Crippen molar-refractivity contribution >= 4 is 23.0 Å². The minimum Gasteiger partial charge on any atom is -0.478 e. The molecule has 0 spiro atoms. The Morgan fingerprint density at radius 3 is 3.00 bits per heavy atom. The summed E-state index contributed by atoms with van der Waals surface area (Å²) in [5.41, 5.74) is 5.99. The quantitative estimate of drug-likeness (QED) is 0.697. The van der Waals surface area contributed by atoms with Gasteiger partial charge in [-0.15, -0.1) is 0 Å². The first kappa shape index (κ1) is 17.7. The number of nitrogens with one attached hydrogen (secondary N) is 1. The fourth-order valence-electron chi connectivity index (χ4n) is 3.64. The van der Waals surface area contributed by atoms with Crippen LogP contribution >= 0.6 is 11.3 Å². The van der Waals surface area contributed by atoms with Crippen LogP contribution in [0.1, 0.15) is 27.5 Å². The predicted molar refractivity (Wildman–Crippen MR) is 109 cm³/mol. The number of carbonyl (C=O) groups is 1. The number of likely N-dealkylation sites (N-methyl/N-ethyl adjacent to an activating group) is 1. The SMILES string of the molecule is CN1CCc2cc(-c3ccsc3)ccc2C1CNc1cnccc1C(=O)O. The van der Waals surface area contributed by atoms with Crippen LogP contribution in [0.25, 0.3) is 11.1 Å². The molecular weight excluding hydrogens is 358 g/mol. The smallest absolute Gasteiger partial charge is 0.337 e. The van der Waals surface area contributed by atoms with Gasteiger partial charge in [-0.2, -0.15) is 11.3 Å². The lowest BCUT2D eigenvalue weighted by atomic mass is 9.90. The van der Waals surface area contributed by atoms with Gasteiger partial charge < -0.3 is 10.4 Å². The zero-order chi connectivity index (χ0) is 18.8. The fraction of sp³-hybridized carbons (Fsp3) is 0.238. The van der Waals surface area contributed by atoms with Crippen LogP contribution in [-0.4, -0.2) is 41.1 Å². The number of carboxylic acid groups (broad SMARTS) is 1. The van der Waals surface area contributed by atoms with Crippen LogP contribution in [0, 0.1) is 0 Å². The molecule has 3 heterocycles. The number of carboxylic acids is 1. The first-order chi connectivity index (χ1) is 13.1. The summed E-state index contributed by atoms with van der Waals surface area (Å²) in [5.74, 6) is -0.947. The number of hydrogen-bond donors (Lipinski definition) is 2. The third-order valence-corrected chi connectivity index (χ3v) is 5.84. The maximum atomic E-state index is 11.4. The molecule has 2 N–H and O–H groups in total. The summed E-state index contributed by atoms with van der Waals surface area (Å²) >= 11 is 1.71. The van der Waals surface area contributed by atoms with Crippen molar-refractivity contribution in [1.82, 2.24) is 9.88 Å². The number of nitrogens with zero attached hydrogens (tertiary/aromatic N) is 2. The van der Waals surface area contributed by atoms with E-state index in [1.165, 1.54) is 34.5 Å². The Kier molecular flexibility index (Phi) is 4.92. The fourth-order valence-corrected chi connectivity index (χ4v) is 4.30. The molecule has 4 rings (SSSR count). The predicted octanol–water partition coefficient (Wildman–Crippen LogP) is 4.15. The Labute approximate surface area is 162 Å².